The van der Waals surface area contributed by atoms with Crippen LogP contribution in [0.4, 0.5) is 0 Å². The number of nitrogens with zero attached hydrogens (tertiary/aromatic N) is 1. The summed E-state index contributed by atoms with van der Waals surface area (Å²) in [6, 6.07) is 0.429. The lowest BCUT2D eigenvalue weighted by Crippen LogP contribution is -2.39. The summed E-state index contributed by atoms with van der Waals surface area (Å²) in [5.41, 5.74) is 0. The summed E-state index contributed by atoms with van der Waals surface area (Å²) < 4.78 is 0. The zero-order valence-electron chi connectivity index (χ0n) is 10.4. The van der Waals surface area contributed by atoms with Gasteiger partial charge in [0.2, 0.25) is 5.91 Å². The minimum Gasteiger partial charge on any atom is -0.326 e. The van der Waals surface area contributed by atoms with Gasteiger partial charge in [0.15, 0.2) is 0 Å². The molecule has 0 aromatic heterocycles. The summed E-state index contributed by atoms with van der Waals surface area (Å²) in [5.74, 6) is 0.738. The minimum absolute atomic E-state index is 0.0503. The van der Waals surface area contributed by atoms with Crippen LogP contribution in [0.3, 0.4) is 0 Å². The predicted octanol–water partition coefficient (Wildman–Crippen LogP) is 1.98. The van der Waals surface area contributed by atoms with Crippen molar-refractivity contribution >= 4 is 5.91 Å². The molecule has 88 valence electrons. The Balaban J connectivity index is 2.55. The van der Waals surface area contributed by atoms with Gasteiger partial charge in [-0.25, -0.2) is 0 Å². The second kappa shape index (κ2) is 5.50. The van der Waals surface area contributed by atoms with Crippen LogP contribution in [0.25, 0.3) is 0 Å². The third kappa shape index (κ3) is 2.71. The largest absolute Gasteiger partial charge is 0.326 e. The molecule has 0 aromatic rings. The predicted molar refractivity (Wildman–Crippen MR) is 62.5 cm³/mol. The van der Waals surface area contributed by atoms with Gasteiger partial charge >= 0.3 is 0 Å². The second-order valence-electron chi connectivity index (χ2n) is 4.67. The average molecular weight is 212 g/mol. The van der Waals surface area contributed by atoms with Crippen molar-refractivity contribution < 1.29 is 4.79 Å². The SMILES string of the molecule is CCCC(C)N1CNC(C(C)CC)C1=O. The fourth-order valence-corrected chi connectivity index (χ4v) is 2.17. The lowest BCUT2D eigenvalue weighted by Gasteiger charge is -2.24. The van der Waals surface area contributed by atoms with Crippen LogP contribution in [0.1, 0.15) is 47.0 Å². The van der Waals surface area contributed by atoms with Crippen molar-refractivity contribution in [3.8, 4) is 0 Å². The average Bonchev–Trinajstić information content (AvgIpc) is 2.59. The van der Waals surface area contributed by atoms with E-state index in [-0.39, 0.29) is 6.04 Å². The Hall–Kier alpha value is -0.570. The van der Waals surface area contributed by atoms with Gasteiger partial charge in [-0.1, -0.05) is 33.6 Å². The monoisotopic (exact) mass is 212 g/mol. The van der Waals surface area contributed by atoms with Crippen molar-refractivity contribution in [2.24, 2.45) is 5.92 Å². The summed E-state index contributed by atoms with van der Waals surface area (Å²) >= 11 is 0. The maximum atomic E-state index is 12.1. The van der Waals surface area contributed by atoms with Crippen LogP contribution in [-0.4, -0.2) is 29.6 Å². The van der Waals surface area contributed by atoms with Crippen LogP contribution in [0.2, 0.25) is 0 Å². The minimum atomic E-state index is 0.0503. The van der Waals surface area contributed by atoms with Crippen molar-refractivity contribution in [2.75, 3.05) is 6.67 Å². The molecule has 3 atom stereocenters. The Morgan fingerprint density at radius 3 is 2.67 bits per heavy atom. The van der Waals surface area contributed by atoms with Gasteiger partial charge in [0.1, 0.15) is 0 Å². The molecule has 0 saturated carbocycles. The lowest BCUT2D eigenvalue weighted by atomic mass is 9.99. The van der Waals surface area contributed by atoms with Crippen LogP contribution in [0, 0.1) is 5.92 Å². The van der Waals surface area contributed by atoms with E-state index in [0.717, 1.165) is 25.9 Å². The molecule has 1 amide bonds. The molecule has 3 heteroatoms. The molecular formula is C12H24N2O. The maximum Gasteiger partial charge on any atom is 0.241 e. The number of hydrogen-bond donors (Lipinski definition) is 1. The smallest absolute Gasteiger partial charge is 0.241 e. The quantitative estimate of drug-likeness (QED) is 0.755. The summed E-state index contributed by atoms with van der Waals surface area (Å²) in [4.78, 5) is 14.1. The van der Waals surface area contributed by atoms with Crippen LogP contribution in [-0.2, 0) is 4.79 Å². The third-order valence-corrected chi connectivity index (χ3v) is 3.48. The number of hydrogen-bond acceptors (Lipinski definition) is 2. The molecule has 15 heavy (non-hydrogen) atoms. The number of carbonyl (C=O) groups is 1. The molecule has 1 rings (SSSR count). The van der Waals surface area contributed by atoms with Crippen molar-refractivity contribution in [3.63, 3.8) is 0 Å². The van der Waals surface area contributed by atoms with Crippen LogP contribution in [0.5, 0.6) is 0 Å². The molecule has 0 aliphatic carbocycles. The van der Waals surface area contributed by atoms with Crippen molar-refractivity contribution in [3.05, 3.63) is 0 Å². The van der Waals surface area contributed by atoms with E-state index in [1.807, 2.05) is 4.90 Å². The first-order valence-corrected chi connectivity index (χ1v) is 6.15. The Labute approximate surface area is 93.2 Å². The normalized spacial score (nSPS) is 25.7. The Kier molecular flexibility index (Phi) is 4.58. The zero-order valence-corrected chi connectivity index (χ0v) is 10.4. The van der Waals surface area contributed by atoms with E-state index in [1.54, 1.807) is 0 Å². The van der Waals surface area contributed by atoms with Gasteiger partial charge in [-0.15, -0.1) is 0 Å². The first-order chi connectivity index (χ1) is 7.11. The van der Waals surface area contributed by atoms with Gasteiger partial charge in [-0.3, -0.25) is 10.1 Å². The Morgan fingerprint density at radius 2 is 2.13 bits per heavy atom. The molecule has 1 aliphatic rings. The van der Waals surface area contributed by atoms with Crippen molar-refractivity contribution in [1.29, 1.82) is 0 Å². The summed E-state index contributed by atoms with van der Waals surface area (Å²) in [6.45, 7) is 9.31. The molecule has 0 bridgehead atoms. The van der Waals surface area contributed by atoms with E-state index < -0.39 is 0 Å². The Bertz CT molecular complexity index is 218. The number of rotatable bonds is 5. The summed E-state index contributed by atoms with van der Waals surface area (Å²) in [5, 5.41) is 3.32. The van der Waals surface area contributed by atoms with Gasteiger partial charge in [0.25, 0.3) is 0 Å². The highest BCUT2D eigenvalue weighted by Gasteiger charge is 2.35. The van der Waals surface area contributed by atoms with E-state index in [1.165, 1.54) is 0 Å². The second-order valence-corrected chi connectivity index (χ2v) is 4.67. The van der Waals surface area contributed by atoms with Gasteiger partial charge in [-0.05, 0) is 19.3 Å². The topological polar surface area (TPSA) is 32.3 Å². The number of carbonyl (C=O) groups excluding carboxylic acids is 1. The molecule has 0 spiro atoms. The molecule has 1 saturated heterocycles. The first kappa shape index (κ1) is 12.5. The van der Waals surface area contributed by atoms with Crippen molar-refractivity contribution in [1.82, 2.24) is 10.2 Å². The third-order valence-electron chi connectivity index (χ3n) is 3.48. The molecule has 1 fully saturated rings. The molecule has 3 unspecified atom stereocenters. The summed E-state index contributed by atoms with van der Waals surface area (Å²) in [6.07, 6.45) is 3.29. The fraction of sp³-hybridized carbons (Fsp3) is 0.917. The Morgan fingerprint density at radius 1 is 1.47 bits per heavy atom. The van der Waals surface area contributed by atoms with E-state index in [0.29, 0.717) is 17.9 Å². The molecule has 1 N–H and O–H groups in total. The molecule has 3 nitrogen and oxygen atoms in total. The molecule has 1 heterocycles. The fourth-order valence-electron chi connectivity index (χ4n) is 2.17. The molecule has 0 radical (unpaired) electrons. The maximum absolute atomic E-state index is 12.1. The highest BCUT2D eigenvalue weighted by atomic mass is 16.2. The van der Waals surface area contributed by atoms with Crippen LogP contribution >= 0.6 is 0 Å². The molecule has 0 aromatic carbocycles. The highest BCUT2D eigenvalue weighted by Crippen LogP contribution is 2.18. The summed E-state index contributed by atoms with van der Waals surface area (Å²) in [7, 11) is 0. The van der Waals surface area contributed by atoms with Gasteiger partial charge in [-0.2, -0.15) is 0 Å². The van der Waals surface area contributed by atoms with Gasteiger partial charge in [0, 0.05) is 6.04 Å². The number of amides is 1. The van der Waals surface area contributed by atoms with E-state index >= 15 is 0 Å². The zero-order chi connectivity index (χ0) is 11.4. The van der Waals surface area contributed by atoms with E-state index in [2.05, 4.69) is 33.0 Å². The van der Waals surface area contributed by atoms with Crippen LogP contribution < -0.4 is 5.32 Å². The van der Waals surface area contributed by atoms with Gasteiger partial charge < -0.3 is 4.90 Å². The standard InChI is InChI=1S/C12H24N2O/c1-5-7-10(4)14-8-13-11(12(14)15)9(3)6-2/h9-11,13H,5-8H2,1-4H3. The lowest BCUT2D eigenvalue weighted by molar-refractivity contribution is -0.131. The van der Waals surface area contributed by atoms with Crippen molar-refractivity contribution in [2.45, 2.75) is 59.0 Å². The molecular weight excluding hydrogens is 188 g/mol. The van der Waals surface area contributed by atoms with E-state index in [9.17, 15) is 4.79 Å². The highest BCUT2D eigenvalue weighted by molar-refractivity contribution is 5.84. The van der Waals surface area contributed by atoms with Crippen LogP contribution in [0.15, 0.2) is 0 Å². The molecule has 1 aliphatic heterocycles. The first-order valence-electron chi connectivity index (χ1n) is 6.15. The number of nitrogens with one attached hydrogen (secondary N) is 1. The van der Waals surface area contributed by atoms with Gasteiger partial charge in [0.05, 0.1) is 12.7 Å². The van der Waals surface area contributed by atoms with E-state index in [4.69, 9.17) is 0 Å².